The van der Waals surface area contributed by atoms with Gasteiger partial charge >= 0.3 is 0 Å². The van der Waals surface area contributed by atoms with Gasteiger partial charge in [-0.05, 0) is 71.2 Å². The highest BCUT2D eigenvalue weighted by molar-refractivity contribution is 8.29. The van der Waals surface area contributed by atoms with Crippen molar-refractivity contribution in [2.24, 2.45) is 5.10 Å². The Morgan fingerprint density at radius 3 is 2.18 bits per heavy atom. The zero-order valence-corrected chi connectivity index (χ0v) is 22.6. The SMILES string of the molecule is COc1ccc(/C=C2\S[C@@]3(SC(C(=O)c4cccs4)=NN3c3ccccc3)N(c3ccccc3)C2=O)cc1. The lowest BCUT2D eigenvalue weighted by Crippen LogP contribution is -2.51. The largest absolute Gasteiger partial charge is 0.497 e. The molecule has 1 saturated heterocycles. The molecule has 4 aromatic rings. The highest BCUT2D eigenvalue weighted by Crippen LogP contribution is 2.59. The summed E-state index contributed by atoms with van der Waals surface area (Å²) in [5.41, 5.74) is 2.37. The molecular formula is C29H21N3O3S3. The highest BCUT2D eigenvalue weighted by atomic mass is 32.2. The van der Waals surface area contributed by atoms with E-state index in [0.29, 0.717) is 14.8 Å². The normalized spacial score (nSPS) is 19.9. The Morgan fingerprint density at radius 1 is 0.868 bits per heavy atom. The van der Waals surface area contributed by atoms with Crippen LogP contribution in [0.3, 0.4) is 0 Å². The van der Waals surface area contributed by atoms with E-state index in [4.69, 9.17) is 9.84 Å². The summed E-state index contributed by atoms with van der Waals surface area (Å²) in [5, 5.41) is 8.84. The van der Waals surface area contributed by atoms with Gasteiger partial charge in [-0.15, -0.1) is 11.3 Å². The smallest absolute Gasteiger partial charge is 0.268 e. The number of hydrogen-bond donors (Lipinski definition) is 0. The molecule has 6 nitrogen and oxygen atoms in total. The van der Waals surface area contributed by atoms with Gasteiger partial charge in [-0.2, -0.15) is 5.10 Å². The summed E-state index contributed by atoms with van der Waals surface area (Å²) < 4.78 is 4.21. The van der Waals surface area contributed by atoms with Gasteiger partial charge in [0, 0.05) is 5.69 Å². The zero-order chi connectivity index (χ0) is 26.1. The van der Waals surface area contributed by atoms with Gasteiger partial charge in [0.1, 0.15) is 5.75 Å². The Bertz CT molecular complexity index is 1540. The number of rotatable bonds is 6. The van der Waals surface area contributed by atoms with E-state index in [2.05, 4.69) is 0 Å². The topological polar surface area (TPSA) is 62.2 Å². The number of thioether (sulfide) groups is 2. The molecule has 1 aromatic heterocycles. The second-order valence-corrected chi connectivity index (χ2v) is 11.9. The molecule has 0 radical (unpaired) electrons. The van der Waals surface area contributed by atoms with Crippen LogP contribution < -0.4 is 14.6 Å². The lowest BCUT2D eigenvalue weighted by Gasteiger charge is -2.38. The van der Waals surface area contributed by atoms with Crippen molar-refractivity contribution in [3.05, 3.63) is 118 Å². The molecule has 2 aliphatic rings. The van der Waals surface area contributed by atoms with Crippen molar-refractivity contribution < 1.29 is 14.3 Å². The average molecular weight is 556 g/mol. The summed E-state index contributed by atoms with van der Waals surface area (Å²) >= 11 is 4.06. The predicted molar refractivity (Wildman–Crippen MR) is 158 cm³/mol. The fourth-order valence-corrected chi connectivity index (χ4v) is 7.88. The number of amides is 1. The van der Waals surface area contributed by atoms with E-state index >= 15 is 0 Å². The van der Waals surface area contributed by atoms with Crippen LogP contribution in [0.1, 0.15) is 15.2 Å². The molecule has 0 aliphatic carbocycles. The van der Waals surface area contributed by atoms with E-state index in [-0.39, 0.29) is 11.7 Å². The number of methoxy groups -OCH3 is 1. The average Bonchev–Trinajstić information content (AvgIpc) is 3.69. The standard InChI is InChI=1S/C29H21N3O3S3/c1-35-23-16-14-20(15-17-23)19-25-28(34)31(21-9-4-2-5-10-21)29(37-25)32(22-11-6-3-7-12-22)30-27(38-29)26(33)24-13-8-18-36-24/h2-19H,1H3/b25-19-/t29-/m1/s1. The van der Waals surface area contributed by atoms with Crippen molar-refractivity contribution in [2.45, 2.75) is 4.33 Å². The molecular weight excluding hydrogens is 535 g/mol. The van der Waals surface area contributed by atoms with Crippen molar-refractivity contribution >= 4 is 69.0 Å². The molecule has 188 valence electrons. The molecule has 0 unspecified atom stereocenters. The maximum Gasteiger partial charge on any atom is 0.268 e. The summed E-state index contributed by atoms with van der Waals surface area (Å²) in [7, 11) is 1.62. The Morgan fingerprint density at radius 2 is 1.55 bits per heavy atom. The summed E-state index contributed by atoms with van der Waals surface area (Å²) in [6.45, 7) is 0. The Kier molecular flexibility index (Phi) is 6.57. The van der Waals surface area contributed by atoms with E-state index in [1.165, 1.54) is 34.9 Å². The molecule has 3 aromatic carbocycles. The van der Waals surface area contributed by atoms with Crippen molar-refractivity contribution in [1.29, 1.82) is 0 Å². The fourth-order valence-electron chi connectivity index (χ4n) is 4.21. The van der Waals surface area contributed by atoms with Gasteiger partial charge in [0.15, 0.2) is 5.04 Å². The zero-order valence-electron chi connectivity index (χ0n) is 20.2. The second kappa shape index (κ2) is 10.2. The molecule has 38 heavy (non-hydrogen) atoms. The van der Waals surface area contributed by atoms with Crippen LogP contribution >= 0.6 is 34.9 Å². The molecule has 9 heteroatoms. The minimum atomic E-state index is -1.07. The Labute approximate surface area is 232 Å². The first-order valence-corrected chi connectivity index (χ1v) is 14.3. The minimum absolute atomic E-state index is 0.156. The second-order valence-electron chi connectivity index (χ2n) is 8.37. The lowest BCUT2D eigenvalue weighted by atomic mass is 10.2. The van der Waals surface area contributed by atoms with E-state index in [1.54, 1.807) is 23.1 Å². The Hall–Kier alpha value is -3.79. The number of nitrogens with zero attached hydrogens (tertiary/aromatic N) is 3. The van der Waals surface area contributed by atoms with Gasteiger partial charge < -0.3 is 4.74 Å². The molecule has 1 spiro atoms. The lowest BCUT2D eigenvalue weighted by molar-refractivity contribution is -0.114. The van der Waals surface area contributed by atoms with Crippen LogP contribution in [-0.4, -0.2) is 28.2 Å². The summed E-state index contributed by atoms with van der Waals surface area (Å²) in [5.74, 6) is 0.425. The fraction of sp³-hybridized carbons (Fsp3) is 0.0690. The number of Topliss-reactive ketones (excluding diaryl/α,β-unsaturated/α-hetero) is 1. The molecule has 3 heterocycles. The van der Waals surface area contributed by atoms with Crippen molar-refractivity contribution in [1.82, 2.24) is 0 Å². The van der Waals surface area contributed by atoms with E-state index in [0.717, 1.165) is 22.7 Å². The van der Waals surface area contributed by atoms with Crippen molar-refractivity contribution in [2.75, 3.05) is 17.0 Å². The van der Waals surface area contributed by atoms with E-state index in [1.807, 2.05) is 102 Å². The van der Waals surface area contributed by atoms with E-state index in [9.17, 15) is 9.59 Å². The summed E-state index contributed by atoms with van der Waals surface area (Å²) in [6.07, 6.45) is 1.87. The number of hydrazone groups is 1. The van der Waals surface area contributed by atoms with Gasteiger partial charge in [0.2, 0.25) is 10.1 Å². The first-order valence-electron chi connectivity index (χ1n) is 11.7. The molecule has 0 bridgehead atoms. The monoisotopic (exact) mass is 555 g/mol. The predicted octanol–water partition coefficient (Wildman–Crippen LogP) is 6.94. The molecule has 6 rings (SSSR count). The number of anilines is 2. The van der Waals surface area contributed by atoms with Crippen LogP contribution in [0.25, 0.3) is 6.08 Å². The number of carbonyl (C=O) groups is 2. The number of carbonyl (C=O) groups excluding carboxylic acids is 2. The molecule has 1 atom stereocenters. The minimum Gasteiger partial charge on any atom is -0.497 e. The van der Waals surface area contributed by atoms with Crippen LogP contribution in [0.2, 0.25) is 0 Å². The number of thiophene rings is 1. The van der Waals surface area contributed by atoms with Crippen LogP contribution in [0.15, 0.2) is 112 Å². The molecule has 0 saturated carbocycles. The van der Waals surface area contributed by atoms with Crippen LogP contribution in [0.4, 0.5) is 11.4 Å². The summed E-state index contributed by atoms with van der Waals surface area (Å²) in [4.78, 5) is 30.5. The van der Waals surface area contributed by atoms with Gasteiger partial charge in [-0.1, -0.05) is 66.4 Å². The number of ether oxygens (including phenoxy) is 1. The molecule has 0 N–H and O–H groups in total. The number of ketones is 1. The Balaban J connectivity index is 1.49. The van der Waals surface area contributed by atoms with Crippen molar-refractivity contribution in [3.8, 4) is 5.75 Å². The quantitative estimate of drug-likeness (QED) is 0.190. The van der Waals surface area contributed by atoms with Crippen LogP contribution in [0, 0.1) is 0 Å². The van der Waals surface area contributed by atoms with Gasteiger partial charge in [-0.3, -0.25) is 14.5 Å². The van der Waals surface area contributed by atoms with Crippen molar-refractivity contribution in [3.63, 3.8) is 0 Å². The maximum atomic E-state index is 14.1. The van der Waals surface area contributed by atoms with Crippen LogP contribution in [0.5, 0.6) is 5.75 Å². The third-order valence-corrected chi connectivity index (χ3v) is 9.58. The van der Waals surface area contributed by atoms with Gasteiger partial charge in [-0.25, -0.2) is 5.01 Å². The first-order chi connectivity index (χ1) is 18.6. The number of hydrogen-bond acceptors (Lipinski definition) is 8. The first kappa shape index (κ1) is 24.5. The maximum absolute atomic E-state index is 14.1. The van der Waals surface area contributed by atoms with Gasteiger partial charge in [0.25, 0.3) is 5.91 Å². The van der Waals surface area contributed by atoms with Crippen LogP contribution in [-0.2, 0) is 4.79 Å². The third kappa shape index (κ3) is 4.32. The molecule has 2 aliphatic heterocycles. The summed E-state index contributed by atoms with van der Waals surface area (Å²) in [6, 6.07) is 30.4. The van der Waals surface area contributed by atoms with E-state index < -0.39 is 4.33 Å². The highest BCUT2D eigenvalue weighted by Gasteiger charge is 2.60. The number of benzene rings is 3. The molecule has 1 fully saturated rings. The number of para-hydroxylation sites is 2. The van der Waals surface area contributed by atoms with Gasteiger partial charge in [0.05, 0.1) is 22.6 Å². The third-order valence-electron chi connectivity index (χ3n) is 6.00. The molecule has 1 amide bonds.